The standard InChI is InChI=1S/C25H21ClN2O4/c1-3-15(2)16-8-10-17(11-9-16)28-24(30)20(23(29)27-25(28)31)14-18-12-13-22(32-18)19-6-4-5-7-21(19)26/h4-15H,3H2,1-2H3,(H,27,29,31)/b20-14-/t15-/m1/s1. The molecule has 1 aliphatic heterocycles. The maximum atomic E-state index is 13.1. The Balaban J connectivity index is 1.64. The molecule has 0 unspecified atom stereocenters. The van der Waals surface area contributed by atoms with Gasteiger partial charge >= 0.3 is 6.03 Å². The molecule has 1 aromatic heterocycles. The molecular weight excluding hydrogens is 428 g/mol. The van der Waals surface area contributed by atoms with Crippen LogP contribution in [0.2, 0.25) is 5.02 Å². The van der Waals surface area contributed by atoms with E-state index in [2.05, 4.69) is 19.2 Å². The van der Waals surface area contributed by atoms with Crippen LogP contribution in [0.5, 0.6) is 0 Å². The van der Waals surface area contributed by atoms with E-state index in [1.54, 1.807) is 36.4 Å². The summed E-state index contributed by atoms with van der Waals surface area (Å²) in [4.78, 5) is 38.8. The Morgan fingerprint density at radius 3 is 2.44 bits per heavy atom. The van der Waals surface area contributed by atoms with Gasteiger partial charge in [-0.3, -0.25) is 14.9 Å². The smallest absolute Gasteiger partial charge is 0.335 e. The van der Waals surface area contributed by atoms with Gasteiger partial charge < -0.3 is 4.42 Å². The summed E-state index contributed by atoms with van der Waals surface area (Å²) < 4.78 is 5.78. The van der Waals surface area contributed by atoms with Gasteiger partial charge in [-0.05, 0) is 60.4 Å². The molecule has 1 aliphatic rings. The maximum Gasteiger partial charge on any atom is 0.335 e. The van der Waals surface area contributed by atoms with Crippen molar-refractivity contribution in [3.8, 4) is 11.3 Å². The lowest BCUT2D eigenvalue weighted by Crippen LogP contribution is -2.54. The summed E-state index contributed by atoms with van der Waals surface area (Å²) in [6, 6.07) is 16.9. The second kappa shape index (κ2) is 8.85. The number of carbonyl (C=O) groups excluding carboxylic acids is 3. The summed E-state index contributed by atoms with van der Waals surface area (Å²) in [7, 11) is 0. The van der Waals surface area contributed by atoms with E-state index in [9.17, 15) is 14.4 Å². The van der Waals surface area contributed by atoms with Crippen LogP contribution in [0.25, 0.3) is 17.4 Å². The van der Waals surface area contributed by atoms with Crippen molar-refractivity contribution in [1.82, 2.24) is 5.32 Å². The molecule has 2 aromatic carbocycles. The molecule has 4 amide bonds. The van der Waals surface area contributed by atoms with Crippen LogP contribution in [-0.4, -0.2) is 17.8 Å². The van der Waals surface area contributed by atoms with Crippen LogP contribution in [0.3, 0.4) is 0 Å². The first-order chi connectivity index (χ1) is 15.4. The first-order valence-electron chi connectivity index (χ1n) is 10.2. The minimum atomic E-state index is -0.787. The third kappa shape index (κ3) is 4.09. The lowest BCUT2D eigenvalue weighted by atomic mass is 9.98. The Hall–Kier alpha value is -3.64. The van der Waals surface area contributed by atoms with Crippen LogP contribution in [0.4, 0.5) is 10.5 Å². The fraction of sp³-hybridized carbons (Fsp3) is 0.160. The fourth-order valence-corrected chi connectivity index (χ4v) is 3.69. The van der Waals surface area contributed by atoms with E-state index in [4.69, 9.17) is 16.0 Å². The minimum Gasteiger partial charge on any atom is -0.457 e. The lowest BCUT2D eigenvalue weighted by molar-refractivity contribution is -0.122. The van der Waals surface area contributed by atoms with Crippen molar-refractivity contribution in [2.24, 2.45) is 0 Å². The Morgan fingerprint density at radius 1 is 1.03 bits per heavy atom. The summed E-state index contributed by atoms with van der Waals surface area (Å²) in [5, 5.41) is 2.74. The van der Waals surface area contributed by atoms with Crippen molar-refractivity contribution < 1.29 is 18.8 Å². The molecule has 2 heterocycles. The molecule has 3 aromatic rings. The molecule has 0 bridgehead atoms. The van der Waals surface area contributed by atoms with E-state index in [1.165, 1.54) is 6.08 Å². The Kier molecular flexibility index (Phi) is 5.97. The van der Waals surface area contributed by atoms with Crippen LogP contribution < -0.4 is 10.2 Å². The third-order valence-electron chi connectivity index (χ3n) is 5.49. The molecule has 1 fully saturated rings. The number of nitrogens with one attached hydrogen (secondary N) is 1. The van der Waals surface area contributed by atoms with Gasteiger partial charge in [-0.25, -0.2) is 9.69 Å². The highest BCUT2D eigenvalue weighted by molar-refractivity contribution is 6.39. The molecule has 0 radical (unpaired) electrons. The molecule has 0 aliphatic carbocycles. The molecular formula is C25H21ClN2O4. The van der Waals surface area contributed by atoms with E-state index in [0.717, 1.165) is 16.9 Å². The minimum absolute atomic E-state index is 0.198. The molecule has 1 saturated heterocycles. The number of benzene rings is 2. The largest absolute Gasteiger partial charge is 0.457 e. The van der Waals surface area contributed by atoms with Crippen LogP contribution in [0.15, 0.2) is 70.7 Å². The number of carbonyl (C=O) groups is 3. The highest BCUT2D eigenvalue weighted by atomic mass is 35.5. The maximum absolute atomic E-state index is 13.1. The molecule has 7 heteroatoms. The van der Waals surface area contributed by atoms with Crippen LogP contribution in [0, 0.1) is 0 Å². The van der Waals surface area contributed by atoms with Gasteiger partial charge in [0, 0.05) is 5.56 Å². The Bertz CT molecular complexity index is 1230. The molecule has 4 rings (SSSR count). The third-order valence-corrected chi connectivity index (χ3v) is 5.82. The lowest BCUT2D eigenvalue weighted by Gasteiger charge is -2.26. The number of hydrogen-bond donors (Lipinski definition) is 1. The molecule has 32 heavy (non-hydrogen) atoms. The van der Waals surface area contributed by atoms with Crippen molar-refractivity contribution in [1.29, 1.82) is 0 Å². The van der Waals surface area contributed by atoms with E-state index >= 15 is 0 Å². The number of urea groups is 1. The zero-order chi connectivity index (χ0) is 22.8. The van der Waals surface area contributed by atoms with Crippen molar-refractivity contribution in [2.45, 2.75) is 26.2 Å². The monoisotopic (exact) mass is 448 g/mol. The topological polar surface area (TPSA) is 79.6 Å². The summed E-state index contributed by atoms with van der Waals surface area (Å²) in [6.45, 7) is 4.20. The number of anilines is 1. The first-order valence-corrected chi connectivity index (χ1v) is 10.6. The highest BCUT2D eigenvalue weighted by Crippen LogP contribution is 2.30. The van der Waals surface area contributed by atoms with Crippen LogP contribution in [-0.2, 0) is 9.59 Å². The van der Waals surface area contributed by atoms with Crippen LogP contribution >= 0.6 is 11.6 Å². The van der Waals surface area contributed by atoms with Crippen molar-refractivity contribution >= 4 is 41.2 Å². The highest BCUT2D eigenvalue weighted by Gasteiger charge is 2.37. The average Bonchev–Trinajstić information content (AvgIpc) is 3.25. The van der Waals surface area contributed by atoms with E-state index in [1.807, 2.05) is 24.3 Å². The molecule has 0 saturated carbocycles. The average molecular weight is 449 g/mol. The summed E-state index contributed by atoms with van der Waals surface area (Å²) in [5.41, 5.74) is 1.98. The zero-order valence-electron chi connectivity index (χ0n) is 17.6. The number of imide groups is 2. The number of barbiturate groups is 1. The van der Waals surface area contributed by atoms with E-state index < -0.39 is 17.8 Å². The molecule has 1 atom stereocenters. The SMILES string of the molecule is CC[C@@H](C)c1ccc(N2C(=O)NC(=O)/C(=C/c3ccc(-c4ccccc4Cl)o3)C2=O)cc1. The van der Waals surface area contributed by atoms with Gasteiger partial charge in [0.2, 0.25) is 0 Å². The number of amides is 4. The summed E-state index contributed by atoms with van der Waals surface area (Å²) in [6.07, 6.45) is 2.30. The number of halogens is 1. The molecule has 6 nitrogen and oxygen atoms in total. The van der Waals surface area contributed by atoms with E-state index in [0.29, 0.717) is 33.7 Å². The van der Waals surface area contributed by atoms with Crippen LogP contribution in [0.1, 0.15) is 37.5 Å². The predicted octanol–water partition coefficient (Wildman–Crippen LogP) is 5.78. The predicted molar refractivity (Wildman–Crippen MR) is 123 cm³/mol. The van der Waals surface area contributed by atoms with Crippen molar-refractivity contribution in [3.05, 3.63) is 82.6 Å². The second-order valence-electron chi connectivity index (χ2n) is 7.54. The number of nitrogens with zero attached hydrogens (tertiary/aromatic N) is 1. The van der Waals surface area contributed by atoms with Gasteiger partial charge in [0.05, 0.1) is 10.7 Å². The van der Waals surface area contributed by atoms with Gasteiger partial charge in [0.15, 0.2) is 0 Å². The number of rotatable bonds is 5. The van der Waals surface area contributed by atoms with Gasteiger partial charge in [0.1, 0.15) is 17.1 Å². The molecule has 1 N–H and O–H groups in total. The normalized spacial score (nSPS) is 16.4. The van der Waals surface area contributed by atoms with Crippen molar-refractivity contribution in [2.75, 3.05) is 4.90 Å². The fourth-order valence-electron chi connectivity index (χ4n) is 3.46. The number of furan rings is 1. The Labute approximate surface area is 190 Å². The van der Waals surface area contributed by atoms with Gasteiger partial charge in [-0.2, -0.15) is 0 Å². The number of hydrogen-bond acceptors (Lipinski definition) is 4. The summed E-state index contributed by atoms with van der Waals surface area (Å²) >= 11 is 6.21. The summed E-state index contributed by atoms with van der Waals surface area (Å²) in [5.74, 6) is -0.341. The quantitative estimate of drug-likeness (QED) is 0.396. The Morgan fingerprint density at radius 2 is 1.75 bits per heavy atom. The van der Waals surface area contributed by atoms with Gasteiger partial charge in [0.25, 0.3) is 11.8 Å². The van der Waals surface area contributed by atoms with E-state index in [-0.39, 0.29) is 5.57 Å². The van der Waals surface area contributed by atoms with Gasteiger partial charge in [-0.15, -0.1) is 0 Å². The van der Waals surface area contributed by atoms with Crippen molar-refractivity contribution in [3.63, 3.8) is 0 Å². The van der Waals surface area contributed by atoms with Gasteiger partial charge in [-0.1, -0.05) is 49.7 Å². The molecule has 162 valence electrons. The zero-order valence-corrected chi connectivity index (χ0v) is 18.3. The second-order valence-corrected chi connectivity index (χ2v) is 7.95. The first kappa shape index (κ1) is 21.6. The molecule has 0 spiro atoms.